The zero-order chi connectivity index (χ0) is 24.3. The molecule has 1 atom stereocenters. The van der Waals surface area contributed by atoms with Crippen molar-refractivity contribution < 1.29 is 22.7 Å². The Morgan fingerprint density at radius 1 is 1.29 bits per heavy atom. The van der Waals surface area contributed by atoms with Gasteiger partial charge in [-0.3, -0.25) is 14.8 Å². The summed E-state index contributed by atoms with van der Waals surface area (Å²) < 4.78 is 43.5. The number of hydrogen-bond donors (Lipinski definition) is 3. The van der Waals surface area contributed by atoms with Gasteiger partial charge in [-0.2, -0.15) is 23.3 Å². The van der Waals surface area contributed by atoms with E-state index in [1.54, 1.807) is 19.2 Å². The van der Waals surface area contributed by atoms with Crippen molar-refractivity contribution in [2.45, 2.75) is 33.0 Å². The first-order valence-electron chi connectivity index (χ1n) is 10.8. The van der Waals surface area contributed by atoms with E-state index in [1.165, 1.54) is 4.68 Å². The first kappa shape index (κ1) is 23.8. The number of aryl methyl sites for hydroxylation is 2. The lowest BCUT2D eigenvalue weighted by Gasteiger charge is -2.13. The summed E-state index contributed by atoms with van der Waals surface area (Å²) in [4.78, 5) is 25.9. The van der Waals surface area contributed by atoms with Crippen LogP contribution in [-0.2, 0) is 16.1 Å². The molecule has 0 radical (unpaired) electrons. The van der Waals surface area contributed by atoms with Crippen molar-refractivity contribution in [2.24, 2.45) is 5.92 Å². The van der Waals surface area contributed by atoms with Crippen molar-refractivity contribution in [3.05, 3.63) is 29.6 Å². The molecule has 1 aliphatic rings. The Morgan fingerprint density at radius 2 is 2.12 bits per heavy atom. The summed E-state index contributed by atoms with van der Waals surface area (Å²) in [6.07, 6.45) is -2.00. The number of aromatic nitrogens is 5. The number of rotatable bonds is 8. The van der Waals surface area contributed by atoms with Gasteiger partial charge in [-0.05, 0) is 38.4 Å². The molecule has 34 heavy (non-hydrogen) atoms. The lowest BCUT2D eigenvalue weighted by Crippen LogP contribution is -2.25. The highest BCUT2D eigenvalue weighted by molar-refractivity contribution is 5.95. The van der Waals surface area contributed by atoms with Crippen LogP contribution in [0.4, 0.5) is 30.8 Å². The highest BCUT2D eigenvalue weighted by Crippen LogP contribution is 2.27. The number of halogens is 3. The molecule has 0 aliphatic carbocycles. The molecule has 1 fully saturated rings. The largest absolute Gasteiger partial charge is 0.411 e. The Labute approximate surface area is 193 Å². The minimum atomic E-state index is -4.41. The first-order valence-corrected chi connectivity index (χ1v) is 10.8. The second kappa shape index (κ2) is 9.89. The number of fused-ring (bicyclic) bond motifs is 1. The molecule has 3 aromatic rings. The molecule has 182 valence electrons. The predicted octanol–water partition coefficient (Wildman–Crippen LogP) is 2.71. The smallest absolute Gasteiger partial charge is 0.370 e. The fourth-order valence-electron chi connectivity index (χ4n) is 3.63. The van der Waals surface area contributed by atoms with Crippen molar-refractivity contribution in [2.75, 3.05) is 36.9 Å². The lowest BCUT2D eigenvalue weighted by atomic mass is 10.1. The van der Waals surface area contributed by atoms with E-state index in [-0.39, 0.29) is 30.9 Å². The number of pyridine rings is 1. The van der Waals surface area contributed by atoms with Crippen molar-refractivity contribution in [3.63, 3.8) is 0 Å². The van der Waals surface area contributed by atoms with E-state index < -0.39 is 12.8 Å². The number of anilines is 3. The average molecular weight is 478 g/mol. The third-order valence-electron chi connectivity index (χ3n) is 5.29. The molecule has 0 unspecified atom stereocenters. The second-order valence-corrected chi connectivity index (χ2v) is 8.09. The summed E-state index contributed by atoms with van der Waals surface area (Å²) in [5, 5.41) is 13.4. The first-order chi connectivity index (χ1) is 16.2. The zero-order valence-electron chi connectivity index (χ0n) is 18.7. The molecule has 3 aromatic heterocycles. The third kappa shape index (κ3) is 5.78. The highest BCUT2D eigenvalue weighted by Gasteiger charge is 2.28. The lowest BCUT2D eigenvalue weighted by molar-refractivity contribution is -0.174. The summed E-state index contributed by atoms with van der Waals surface area (Å²) in [5.74, 6) is 0.563. The summed E-state index contributed by atoms with van der Waals surface area (Å²) in [7, 11) is 0. The van der Waals surface area contributed by atoms with E-state index in [1.807, 2.05) is 13.0 Å². The molecule has 0 spiro atoms. The molecule has 1 amide bonds. The van der Waals surface area contributed by atoms with Crippen LogP contribution in [-0.4, -0.2) is 63.1 Å². The standard InChI is InChI=1S/C21H25F3N8O2/c1-12-3-4-15(26-9-12)27-18-17-16(13(2)31-32(17)7-8-34-11-21(22,23)24)28-20(29-18)30-19(33)14-5-6-25-10-14/h3-4,9,14,25H,5-8,10-11H2,1-2H3,(H2,26,27,28,29,30,33)/t14-/m0/s1. The number of hydrogen-bond acceptors (Lipinski definition) is 8. The molecular weight excluding hydrogens is 453 g/mol. The fraction of sp³-hybridized carbons (Fsp3) is 0.476. The third-order valence-corrected chi connectivity index (χ3v) is 5.29. The minimum Gasteiger partial charge on any atom is -0.370 e. The van der Waals surface area contributed by atoms with E-state index in [9.17, 15) is 18.0 Å². The fourth-order valence-corrected chi connectivity index (χ4v) is 3.63. The Morgan fingerprint density at radius 3 is 2.79 bits per heavy atom. The maximum Gasteiger partial charge on any atom is 0.411 e. The van der Waals surface area contributed by atoms with Crippen molar-refractivity contribution >= 4 is 34.5 Å². The number of carbonyl (C=O) groups is 1. The van der Waals surface area contributed by atoms with Gasteiger partial charge in [0.2, 0.25) is 11.9 Å². The van der Waals surface area contributed by atoms with Crippen LogP contribution in [0.1, 0.15) is 17.7 Å². The summed E-state index contributed by atoms with van der Waals surface area (Å²) in [6, 6.07) is 3.64. The molecule has 4 rings (SSSR count). The van der Waals surface area contributed by atoms with Crippen molar-refractivity contribution in [1.82, 2.24) is 30.0 Å². The van der Waals surface area contributed by atoms with Gasteiger partial charge >= 0.3 is 6.18 Å². The van der Waals surface area contributed by atoms with E-state index in [0.29, 0.717) is 34.9 Å². The summed E-state index contributed by atoms with van der Waals surface area (Å²) >= 11 is 0. The zero-order valence-corrected chi connectivity index (χ0v) is 18.7. The van der Waals surface area contributed by atoms with Gasteiger partial charge in [0.1, 0.15) is 23.5 Å². The molecule has 1 aliphatic heterocycles. The Hall–Kier alpha value is -3.32. The van der Waals surface area contributed by atoms with Gasteiger partial charge in [-0.25, -0.2) is 9.97 Å². The Balaban J connectivity index is 1.65. The predicted molar refractivity (Wildman–Crippen MR) is 119 cm³/mol. The highest BCUT2D eigenvalue weighted by atomic mass is 19.4. The monoisotopic (exact) mass is 478 g/mol. The SMILES string of the molecule is Cc1ccc(Nc2nc(NC(=O)[C@H]3CCNC3)nc3c(C)nn(CCOCC(F)(F)F)c23)nc1. The Bertz CT molecular complexity index is 1160. The normalized spacial score (nSPS) is 16.2. The number of nitrogens with zero attached hydrogens (tertiary/aromatic N) is 5. The number of ether oxygens (including phenoxy) is 1. The molecule has 0 aromatic carbocycles. The van der Waals surface area contributed by atoms with E-state index in [2.05, 4.69) is 36.0 Å². The number of nitrogens with one attached hydrogen (secondary N) is 3. The molecule has 0 bridgehead atoms. The number of amides is 1. The van der Waals surface area contributed by atoms with Gasteiger partial charge in [-0.1, -0.05) is 6.07 Å². The van der Waals surface area contributed by atoms with E-state index >= 15 is 0 Å². The van der Waals surface area contributed by atoms with Gasteiger partial charge in [0.15, 0.2) is 5.82 Å². The van der Waals surface area contributed by atoms with Crippen LogP contribution < -0.4 is 16.0 Å². The average Bonchev–Trinajstić information content (AvgIpc) is 3.41. The topological polar surface area (TPSA) is 119 Å². The van der Waals surface area contributed by atoms with Gasteiger partial charge in [0, 0.05) is 12.7 Å². The molecule has 0 saturated carbocycles. The minimum absolute atomic E-state index is 0.0548. The van der Waals surface area contributed by atoms with Gasteiger partial charge in [0.05, 0.1) is 24.8 Å². The maximum atomic E-state index is 12.6. The molecular formula is C21H25F3N8O2. The number of carbonyl (C=O) groups excluding carboxylic acids is 1. The van der Waals surface area contributed by atoms with E-state index in [4.69, 9.17) is 4.74 Å². The Kier molecular flexibility index (Phi) is 6.93. The van der Waals surface area contributed by atoms with Crippen molar-refractivity contribution in [3.8, 4) is 0 Å². The van der Waals surface area contributed by atoms with Crippen LogP contribution in [0.3, 0.4) is 0 Å². The number of alkyl halides is 3. The quantitative estimate of drug-likeness (QED) is 0.423. The second-order valence-electron chi connectivity index (χ2n) is 8.09. The summed E-state index contributed by atoms with van der Waals surface area (Å²) in [5.41, 5.74) is 2.43. The molecule has 1 saturated heterocycles. The van der Waals surface area contributed by atoms with Crippen molar-refractivity contribution in [1.29, 1.82) is 0 Å². The van der Waals surface area contributed by atoms with Crippen LogP contribution in [0.5, 0.6) is 0 Å². The van der Waals surface area contributed by atoms with Gasteiger partial charge in [-0.15, -0.1) is 0 Å². The molecule has 3 N–H and O–H groups in total. The van der Waals surface area contributed by atoms with Gasteiger partial charge in [0.25, 0.3) is 0 Å². The van der Waals surface area contributed by atoms with Crippen LogP contribution in [0.25, 0.3) is 11.0 Å². The maximum absolute atomic E-state index is 12.6. The molecule has 13 heteroatoms. The summed E-state index contributed by atoms with van der Waals surface area (Å²) in [6.45, 7) is 3.50. The molecule has 10 nitrogen and oxygen atoms in total. The molecule has 4 heterocycles. The van der Waals surface area contributed by atoms with Crippen LogP contribution in [0, 0.1) is 19.8 Å². The van der Waals surface area contributed by atoms with Crippen LogP contribution in [0.2, 0.25) is 0 Å². The van der Waals surface area contributed by atoms with Crippen LogP contribution in [0.15, 0.2) is 18.3 Å². The van der Waals surface area contributed by atoms with Crippen LogP contribution >= 0.6 is 0 Å². The van der Waals surface area contributed by atoms with E-state index in [0.717, 1.165) is 18.5 Å². The van der Waals surface area contributed by atoms with Gasteiger partial charge < -0.3 is 15.4 Å².